The van der Waals surface area contributed by atoms with Crippen molar-refractivity contribution in [2.45, 2.75) is 95.2 Å². The smallest absolute Gasteiger partial charge is 0.247 e. The van der Waals surface area contributed by atoms with Crippen LogP contribution >= 0.6 is 0 Å². The molecule has 1 unspecified atom stereocenters. The molecular weight excluding hydrogens is 596 g/mol. The first-order chi connectivity index (χ1) is 22.4. The Hall–Kier alpha value is -4.35. The second kappa shape index (κ2) is 10.6. The van der Waals surface area contributed by atoms with E-state index >= 15 is 0 Å². The third-order valence-electron chi connectivity index (χ3n) is 10.2. The number of carbonyl (C=O) groups is 2. The predicted molar refractivity (Wildman–Crippen MR) is 175 cm³/mol. The molecule has 2 amide bonds. The molecule has 0 spiro atoms. The highest BCUT2D eigenvalue weighted by atomic mass is 16.5. The van der Waals surface area contributed by atoms with Gasteiger partial charge in [-0.2, -0.15) is 0 Å². The van der Waals surface area contributed by atoms with Crippen molar-refractivity contribution in [3.05, 3.63) is 71.6 Å². The molecule has 11 nitrogen and oxygen atoms in total. The fourth-order valence-corrected chi connectivity index (χ4v) is 6.83. The lowest BCUT2D eigenvalue weighted by Gasteiger charge is -2.21. The van der Waals surface area contributed by atoms with Crippen molar-refractivity contribution in [2.24, 2.45) is 0 Å². The van der Waals surface area contributed by atoms with Crippen LogP contribution in [0.1, 0.15) is 95.0 Å². The minimum absolute atomic E-state index is 0.190. The summed E-state index contributed by atoms with van der Waals surface area (Å²) in [6.45, 7) is 11.0. The van der Waals surface area contributed by atoms with E-state index < -0.39 is 16.9 Å². The number of hydrogen-bond donors (Lipinski definition) is 1. The molecule has 9 rings (SSSR count). The molecule has 1 saturated heterocycles. The Morgan fingerprint density at radius 2 is 1.45 bits per heavy atom. The van der Waals surface area contributed by atoms with Crippen molar-refractivity contribution >= 4 is 23.2 Å². The van der Waals surface area contributed by atoms with E-state index in [1.807, 2.05) is 78.6 Å². The van der Waals surface area contributed by atoms with Crippen LogP contribution in [0.3, 0.4) is 0 Å². The van der Waals surface area contributed by atoms with Gasteiger partial charge in [0, 0.05) is 35.2 Å². The SMILES string of the molecule is CC(O)c1cn(-c2ccc3c(c2)N(C2CC2)C(=O)C3(C)C)cn1.CC1(C)C(=O)N(C2CC2)c2cc(-c3nnc(C4COC4)o3)ccc21. The molecule has 47 heavy (non-hydrogen) atoms. The molecule has 0 radical (unpaired) electrons. The Kier molecular flexibility index (Phi) is 6.76. The Morgan fingerprint density at radius 3 is 1.98 bits per heavy atom. The molecule has 244 valence electrons. The number of fused-ring (bicyclic) bond motifs is 2. The summed E-state index contributed by atoms with van der Waals surface area (Å²) in [4.78, 5) is 33.8. The van der Waals surface area contributed by atoms with Crippen LogP contribution in [0.25, 0.3) is 17.1 Å². The monoisotopic (exact) mass is 636 g/mol. The van der Waals surface area contributed by atoms with Crippen LogP contribution < -0.4 is 9.80 Å². The Labute approximate surface area is 273 Å². The Balaban J connectivity index is 0.000000138. The number of imidazole rings is 1. The Morgan fingerprint density at radius 1 is 0.851 bits per heavy atom. The number of carbonyl (C=O) groups excluding carboxylic acids is 2. The van der Waals surface area contributed by atoms with Crippen LogP contribution in [0, 0.1) is 0 Å². The molecule has 5 aliphatic rings. The number of hydrogen-bond acceptors (Lipinski definition) is 8. The van der Waals surface area contributed by atoms with Gasteiger partial charge in [0.05, 0.1) is 53.8 Å². The number of anilines is 2. The van der Waals surface area contributed by atoms with Crippen LogP contribution in [0.15, 0.2) is 53.3 Å². The van der Waals surface area contributed by atoms with Gasteiger partial charge in [-0.15, -0.1) is 10.2 Å². The summed E-state index contributed by atoms with van der Waals surface area (Å²) in [5.41, 5.74) is 5.72. The van der Waals surface area contributed by atoms with Gasteiger partial charge in [-0.25, -0.2) is 4.98 Å². The number of aromatic nitrogens is 4. The molecule has 2 aromatic carbocycles. The summed E-state index contributed by atoms with van der Waals surface area (Å²) >= 11 is 0. The molecule has 3 fully saturated rings. The van der Waals surface area contributed by atoms with E-state index in [0.29, 0.717) is 42.8 Å². The highest BCUT2D eigenvalue weighted by Gasteiger charge is 2.50. The van der Waals surface area contributed by atoms with Crippen molar-refractivity contribution in [2.75, 3.05) is 23.0 Å². The molecule has 0 bridgehead atoms. The molecule has 2 aromatic heterocycles. The van der Waals surface area contributed by atoms with Gasteiger partial charge in [0.1, 0.15) is 0 Å². The topological polar surface area (TPSA) is 127 Å². The zero-order chi connectivity index (χ0) is 32.8. The molecule has 5 heterocycles. The number of aliphatic hydroxyl groups is 1. The van der Waals surface area contributed by atoms with Gasteiger partial charge in [-0.05, 0) is 95.7 Å². The minimum Gasteiger partial charge on any atom is -0.420 e. The zero-order valence-corrected chi connectivity index (χ0v) is 27.4. The zero-order valence-electron chi connectivity index (χ0n) is 27.4. The third-order valence-corrected chi connectivity index (χ3v) is 10.2. The molecule has 1 atom stereocenters. The van der Waals surface area contributed by atoms with E-state index in [2.05, 4.69) is 21.2 Å². The van der Waals surface area contributed by atoms with Crippen LogP contribution in [0.2, 0.25) is 0 Å². The highest BCUT2D eigenvalue weighted by molar-refractivity contribution is 6.09. The third kappa shape index (κ3) is 4.90. The summed E-state index contributed by atoms with van der Waals surface area (Å²) in [6.07, 6.45) is 7.28. The first kappa shape index (κ1) is 30.0. The molecule has 4 aromatic rings. The van der Waals surface area contributed by atoms with Gasteiger partial charge >= 0.3 is 0 Å². The molecule has 2 aliphatic carbocycles. The first-order valence-electron chi connectivity index (χ1n) is 16.6. The Bertz CT molecular complexity index is 1890. The van der Waals surface area contributed by atoms with Crippen molar-refractivity contribution in [3.8, 4) is 17.1 Å². The van der Waals surface area contributed by atoms with Gasteiger partial charge in [0.2, 0.25) is 23.6 Å². The fraction of sp³-hybridized carbons (Fsp3) is 0.472. The minimum atomic E-state index is -0.589. The van der Waals surface area contributed by atoms with Crippen LogP contribution in [0.4, 0.5) is 11.4 Å². The summed E-state index contributed by atoms with van der Waals surface area (Å²) < 4.78 is 12.9. The van der Waals surface area contributed by atoms with E-state index in [4.69, 9.17) is 9.15 Å². The standard InChI is InChI=1S/C18H19N3O3.C18H21N3O2/c1-18(2)13-6-3-10(7-14(13)21(17(18)22)12-4-5-12)15-19-20-16(24-15)11-8-23-9-11;1-11(22)15-9-20(10-19-15)13-6-7-14-16(8-13)21(12-4-5-12)17(23)18(14,2)3/h3,6-7,11-12H,4-5,8-9H2,1-2H3;6-12,22H,4-5H2,1-3H3. The van der Waals surface area contributed by atoms with E-state index in [1.165, 1.54) is 0 Å². The van der Waals surface area contributed by atoms with E-state index in [-0.39, 0.29) is 17.7 Å². The molecule has 1 N–H and O–H groups in total. The summed E-state index contributed by atoms with van der Waals surface area (Å²) in [5.74, 6) is 1.74. The van der Waals surface area contributed by atoms with E-state index in [0.717, 1.165) is 59.4 Å². The number of benzene rings is 2. The lowest BCUT2D eigenvalue weighted by molar-refractivity contribution is -0.122. The number of ether oxygens (including phenoxy) is 1. The maximum absolute atomic E-state index is 12.8. The lowest BCUT2D eigenvalue weighted by atomic mass is 9.86. The fourth-order valence-electron chi connectivity index (χ4n) is 6.83. The van der Waals surface area contributed by atoms with E-state index in [1.54, 1.807) is 13.3 Å². The van der Waals surface area contributed by atoms with Crippen molar-refractivity contribution in [1.82, 2.24) is 19.7 Å². The van der Waals surface area contributed by atoms with Crippen LogP contribution in [-0.2, 0) is 25.2 Å². The maximum Gasteiger partial charge on any atom is 0.247 e. The first-order valence-corrected chi connectivity index (χ1v) is 16.6. The van der Waals surface area contributed by atoms with Gasteiger partial charge < -0.3 is 28.6 Å². The van der Waals surface area contributed by atoms with E-state index in [9.17, 15) is 14.7 Å². The average Bonchev–Trinajstić information content (AvgIpc) is 3.90. The second-order valence-electron chi connectivity index (χ2n) is 14.6. The summed E-state index contributed by atoms with van der Waals surface area (Å²) in [6, 6.07) is 12.8. The van der Waals surface area contributed by atoms with Crippen LogP contribution in [-0.4, -0.2) is 62.0 Å². The van der Waals surface area contributed by atoms with Gasteiger partial charge in [0.15, 0.2) is 0 Å². The van der Waals surface area contributed by atoms with Gasteiger partial charge in [0.25, 0.3) is 0 Å². The largest absolute Gasteiger partial charge is 0.420 e. The highest BCUT2D eigenvalue weighted by Crippen LogP contribution is 2.49. The number of aliphatic hydroxyl groups excluding tert-OH is 1. The van der Waals surface area contributed by atoms with Gasteiger partial charge in [-0.3, -0.25) is 9.59 Å². The van der Waals surface area contributed by atoms with Crippen molar-refractivity contribution < 1.29 is 23.8 Å². The number of rotatable bonds is 6. The summed E-state index contributed by atoms with van der Waals surface area (Å²) in [5, 5.41) is 18.0. The molecule has 2 saturated carbocycles. The van der Waals surface area contributed by atoms with Crippen LogP contribution in [0.5, 0.6) is 0 Å². The predicted octanol–water partition coefficient (Wildman–Crippen LogP) is 5.35. The molecular formula is C36H40N6O5. The number of nitrogens with zero attached hydrogens (tertiary/aromatic N) is 6. The van der Waals surface area contributed by atoms with Crippen molar-refractivity contribution in [3.63, 3.8) is 0 Å². The quantitative estimate of drug-likeness (QED) is 0.300. The van der Waals surface area contributed by atoms with Crippen molar-refractivity contribution in [1.29, 1.82) is 0 Å². The second-order valence-corrected chi connectivity index (χ2v) is 14.6. The lowest BCUT2D eigenvalue weighted by Crippen LogP contribution is -2.37. The molecule has 11 heteroatoms. The number of amides is 2. The molecule has 3 aliphatic heterocycles. The normalized spacial score (nSPS) is 21.7. The van der Waals surface area contributed by atoms with Gasteiger partial charge in [-0.1, -0.05) is 12.1 Å². The maximum atomic E-state index is 12.8. The summed E-state index contributed by atoms with van der Waals surface area (Å²) in [7, 11) is 0. The average molecular weight is 637 g/mol.